The molecule has 0 saturated carbocycles. The molecule has 4 nitrogen and oxygen atoms in total. The highest BCUT2D eigenvalue weighted by Crippen LogP contribution is 2.29. The molecule has 0 aromatic heterocycles. The van der Waals surface area contributed by atoms with E-state index in [4.69, 9.17) is 11.6 Å². The number of amides is 1. The molecule has 0 aliphatic heterocycles. The number of esters is 1. The van der Waals surface area contributed by atoms with Gasteiger partial charge in [-0.3, -0.25) is 9.59 Å². The van der Waals surface area contributed by atoms with E-state index < -0.39 is 29.7 Å². The van der Waals surface area contributed by atoms with Crippen molar-refractivity contribution in [2.75, 3.05) is 7.11 Å². The normalized spacial score (nSPS) is 12.3. The Bertz CT molecular complexity index is 791. The first kappa shape index (κ1) is 19.8. The molecule has 2 aromatic rings. The van der Waals surface area contributed by atoms with Crippen molar-refractivity contribution in [2.24, 2.45) is 0 Å². The molecule has 1 N–H and O–H groups in total. The van der Waals surface area contributed by atoms with Crippen molar-refractivity contribution in [1.29, 1.82) is 0 Å². The fourth-order valence-corrected chi connectivity index (χ4v) is 2.40. The van der Waals surface area contributed by atoms with Gasteiger partial charge in [-0.15, -0.1) is 0 Å². The van der Waals surface area contributed by atoms with Crippen molar-refractivity contribution in [1.82, 2.24) is 5.32 Å². The lowest BCUT2D eigenvalue weighted by molar-refractivity contribution is -0.141. The molecule has 0 aliphatic rings. The van der Waals surface area contributed by atoms with Crippen LogP contribution in [0.3, 0.4) is 0 Å². The van der Waals surface area contributed by atoms with Crippen LogP contribution < -0.4 is 5.32 Å². The summed E-state index contributed by atoms with van der Waals surface area (Å²) in [5.41, 5.74) is -0.523. The minimum absolute atomic E-state index is 0.163. The SMILES string of the molecule is COC(=O)CC(NC(=O)c1cccc(C(F)(F)F)c1)c1ccc(Cl)cc1. The van der Waals surface area contributed by atoms with Crippen LogP contribution in [0.4, 0.5) is 13.2 Å². The predicted molar refractivity (Wildman–Crippen MR) is 89.7 cm³/mol. The van der Waals surface area contributed by atoms with E-state index in [1.807, 2.05) is 0 Å². The van der Waals surface area contributed by atoms with E-state index in [0.717, 1.165) is 18.2 Å². The molecule has 8 heteroatoms. The number of hydrogen-bond acceptors (Lipinski definition) is 3. The van der Waals surface area contributed by atoms with Gasteiger partial charge in [0.25, 0.3) is 5.91 Å². The van der Waals surface area contributed by atoms with Gasteiger partial charge in [-0.05, 0) is 35.9 Å². The number of carbonyl (C=O) groups is 2. The molecule has 1 unspecified atom stereocenters. The molecule has 0 bridgehead atoms. The lowest BCUT2D eigenvalue weighted by Crippen LogP contribution is -2.30. The summed E-state index contributed by atoms with van der Waals surface area (Å²) in [5, 5.41) is 3.03. The first-order chi connectivity index (χ1) is 12.2. The number of methoxy groups -OCH3 is 1. The monoisotopic (exact) mass is 385 g/mol. The lowest BCUT2D eigenvalue weighted by atomic mass is 10.0. The van der Waals surface area contributed by atoms with Crippen molar-refractivity contribution in [3.05, 3.63) is 70.2 Å². The first-order valence-corrected chi connectivity index (χ1v) is 7.89. The smallest absolute Gasteiger partial charge is 0.416 e. The Kier molecular flexibility index (Phi) is 6.26. The molecule has 0 spiro atoms. The third-order valence-corrected chi connectivity index (χ3v) is 3.88. The maximum absolute atomic E-state index is 12.8. The third kappa shape index (κ3) is 5.23. The number of ether oxygens (including phenoxy) is 1. The van der Waals surface area contributed by atoms with Gasteiger partial charge in [-0.2, -0.15) is 13.2 Å². The van der Waals surface area contributed by atoms with E-state index in [1.54, 1.807) is 24.3 Å². The van der Waals surface area contributed by atoms with Gasteiger partial charge in [0, 0.05) is 10.6 Å². The number of benzene rings is 2. The highest BCUT2D eigenvalue weighted by atomic mass is 35.5. The van der Waals surface area contributed by atoms with Gasteiger partial charge < -0.3 is 10.1 Å². The lowest BCUT2D eigenvalue weighted by Gasteiger charge is -2.19. The second kappa shape index (κ2) is 8.23. The Labute approximate surface area is 152 Å². The molecule has 2 rings (SSSR count). The maximum atomic E-state index is 12.8. The molecule has 0 fully saturated rings. The van der Waals surface area contributed by atoms with Crippen LogP contribution in [0.1, 0.15) is 33.9 Å². The van der Waals surface area contributed by atoms with E-state index in [1.165, 1.54) is 13.2 Å². The van der Waals surface area contributed by atoms with E-state index in [0.29, 0.717) is 10.6 Å². The molecule has 2 aromatic carbocycles. The Morgan fingerprint density at radius 3 is 2.38 bits per heavy atom. The zero-order valence-corrected chi connectivity index (χ0v) is 14.4. The van der Waals surface area contributed by atoms with Gasteiger partial charge in [0.1, 0.15) is 0 Å². The molecular formula is C18H15ClF3NO3. The first-order valence-electron chi connectivity index (χ1n) is 7.51. The van der Waals surface area contributed by atoms with Crippen LogP contribution in [0.2, 0.25) is 5.02 Å². The standard InChI is InChI=1S/C18H15ClF3NO3/c1-26-16(24)10-15(11-5-7-14(19)8-6-11)23-17(25)12-3-2-4-13(9-12)18(20,21)22/h2-9,15H,10H2,1H3,(H,23,25). The number of halogens is 4. The Balaban J connectivity index is 2.25. The van der Waals surface area contributed by atoms with Crippen LogP contribution in [0.15, 0.2) is 48.5 Å². The van der Waals surface area contributed by atoms with E-state index >= 15 is 0 Å². The molecule has 0 radical (unpaired) electrons. The highest BCUT2D eigenvalue weighted by Gasteiger charge is 2.31. The summed E-state index contributed by atoms with van der Waals surface area (Å²) in [6.45, 7) is 0. The second-order valence-corrected chi connectivity index (χ2v) is 5.87. The molecule has 1 atom stereocenters. The number of alkyl halides is 3. The molecular weight excluding hydrogens is 371 g/mol. The van der Waals surface area contributed by atoms with Gasteiger partial charge in [0.2, 0.25) is 0 Å². The minimum atomic E-state index is -4.56. The van der Waals surface area contributed by atoms with Crippen LogP contribution >= 0.6 is 11.6 Å². The number of nitrogens with one attached hydrogen (secondary N) is 1. The van der Waals surface area contributed by atoms with Crippen LogP contribution in [0.5, 0.6) is 0 Å². The fourth-order valence-electron chi connectivity index (χ4n) is 2.28. The third-order valence-electron chi connectivity index (χ3n) is 3.63. The summed E-state index contributed by atoms with van der Waals surface area (Å²) in [4.78, 5) is 24.0. The largest absolute Gasteiger partial charge is 0.469 e. The van der Waals surface area contributed by atoms with E-state index in [2.05, 4.69) is 10.1 Å². The van der Waals surface area contributed by atoms with Gasteiger partial charge in [0.05, 0.1) is 25.1 Å². The Morgan fingerprint density at radius 2 is 1.81 bits per heavy atom. The van der Waals surface area contributed by atoms with Gasteiger partial charge in [0.15, 0.2) is 0 Å². The van der Waals surface area contributed by atoms with Crippen LogP contribution in [-0.2, 0) is 15.7 Å². The van der Waals surface area contributed by atoms with Crippen molar-refractivity contribution in [2.45, 2.75) is 18.6 Å². The Morgan fingerprint density at radius 1 is 1.15 bits per heavy atom. The average molecular weight is 386 g/mol. The maximum Gasteiger partial charge on any atom is 0.416 e. The molecule has 0 aliphatic carbocycles. The van der Waals surface area contributed by atoms with Gasteiger partial charge >= 0.3 is 12.1 Å². The van der Waals surface area contributed by atoms with Crippen molar-refractivity contribution in [3.63, 3.8) is 0 Å². The van der Waals surface area contributed by atoms with Crippen LogP contribution in [0, 0.1) is 0 Å². The highest BCUT2D eigenvalue weighted by molar-refractivity contribution is 6.30. The number of hydrogen-bond donors (Lipinski definition) is 1. The summed E-state index contributed by atoms with van der Waals surface area (Å²) in [6, 6.07) is 9.66. The van der Waals surface area contributed by atoms with Crippen molar-refractivity contribution < 1.29 is 27.5 Å². The van der Waals surface area contributed by atoms with E-state index in [-0.39, 0.29) is 12.0 Å². The van der Waals surface area contributed by atoms with Crippen molar-refractivity contribution >= 4 is 23.5 Å². The number of rotatable bonds is 5. The summed E-state index contributed by atoms with van der Waals surface area (Å²) < 4.78 is 43.0. The summed E-state index contributed by atoms with van der Waals surface area (Å²) >= 11 is 5.83. The molecule has 138 valence electrons. The molecule has 0 heterocycles. The van der Waals surface area contributed by atoms with E-state index in [9.17, 15) is 22.8 Å². The van der Waals surface area contributed by atoms with Crippen molar-refractivity contribution in [3.8, 4) is 0 Å². The summed E-state index contributed by atoms with van der Waals surface area (Å²) in [7, 11) is 1.20. The quantitative estimate of drug-likeness (QED) is 0.776. The molecule has 26 heavy (non-hydrogen) atoms. The minimum Gasteiger partial charge on any atom is -0.469 e. The second-order valence-electron chi connectivity index (χ2n) is 5.44. The zero-order valence-electron chi connectivity index (χ0n) is 13.6. The summed E-state index contributed by atoms with van der Waals surface area (Å²) in [6.07, 6.45) is -4.74. The predicted octanol–water partition coefficient (Wildman–Crippen LogP) is 4.39. The summed E-state index contributed by atoms with van der Waals surface area (Å²) in [5.74, 6) is -1.31. The molecule has 0 saturated heterocycles. The Hall–Kier alpha value is -2.54. The van der Waals surface area contributed by atoms with Crippen LogP contribution in [0.25, 0.3) is 0 Å². The zero-order chi connectivity index (χ0) is 19.3. The topological polar surface area (TPSA) is 55.4 Å². The molecule has 1 amide bonds. The average Bonchev–Trinajstić information content (AvgIpc) is 2.61. The number of carbonyl (C=O) groups excluding carboxylic acids is 2. The fraction of sp³-hybridized carbons (Fsp3) is 0.222. The van der Waals surface area contributed by atoms with Gasteiger partial charge in [-0.1, -0.05) is 29.8 Å². The van der Waals surface area contributed by atoms with Crippen LogP contribution in [-0.4, -0.2) is 19.0 Å². The van der Waals surface area contributed by atoms with Gasteiger partial charge in [-0.25, -0.2) is 0 Å².